The lowest BCUT2D eigenvalue weighted by molar-refractivity contribution is -0.148. The van der Waals surface area contributed by atoms with E-state index in [1.165, 1.54) is 5.56 Å². The van der Waals surface area contributed by atoms with Gasteiger partial charge in [0.2, 0.25) is 5.91 Å². The molecule has 1 amide bonds. The first-order chi connectivity index (χ1) is 12.7. The molecule has 3 heterocycles. The first-order valence-electron chi connectivity index (χ1n) is 9.47. The van der Waals surface area contributed by atoms with Crippen molar-refractivity contribution < 1.29 is 4.79 Å². The van der Waals surface area contributed by atoms with Crippen LogP contribution in [0.3, 0.4) is 0 Å². The highest BCUT2D eigenvalue weighted by atomic mass is 16.2. The van der Waals surface area contributed by atoms with Crippen LogP contribution in [0.15, 0.2) is 48.7 Å². The van der Waals surface area contributed by atoms with E-state index >= 15 is 0 Å². The number of amides is 1. The van der Waals surface area contributed by atoms with Gasteiger partial charge in [-0.3, -0.25) is 9.69 Å². The molecule has 5 nitrogen and oxygen atoms in total. The number of piperidine rings is 1. The topological polar surface area (TPSA) is 62.5 Å². The summed E-state index contributed by atoms with van der Waals surface area (Å²) < 4.78 is 0. The Morgan fingerprint density at radius 3 is 2.54 bits per heavy atom. The minimum Gasteiger partial charge on any atom is -0.383 e. The van der Waals surface area contributed by atoms with E-state index in [4.69, 9.17) is 5.73 Å². The van der Waals surface area contributed by atoms with Crippen LogP contribution in [-0.4, -0.2) is 39.3 Å². The summed E-state index contributed by atoms with van der Waals surface area (Å²) in [5, 5.41) is 0. The van der Waals surface area contributed by atoms with Crippen molar-refractivity contribution in [2.75, 3.05) is 18.8 Å². The van der Waals surface area contributed by atoms with Gasteiger partial charge in [0.25, 0.3) is 0 Å². The van der Waals surface area contributed by atoms with Gasteiger partial charge in [0.1, 0.15) is 11.4 Å². The van der Waals surface area contributed by atoms with E-state index in [9.17, 15) is 4.79 Å². The summed E-state index contributed by atoms with van der Waals surface area (Å²) in [6.07, 6.45) is 5.71. The molecule has 0 radical (unpaired) electrons. The van der Waals surface area contributed by atoms with Crippen LogP contribution in [0, 0.1) is 0 Å². The van der Waals surface area contributed by atoms with Gasteiger partial charge in [-0.1, -0.05) is 36.4 Å². The molecule has 0 bridgehead atoms. The normalized spacial score (nSPS) is 23.7. The van der Waals surface area contributed by atoms with Gasteiger partial charge in [0.15, 0.2) is 0 Å². The highest BCUT2D eigenvalue weighted by molar-refractivity contribution is 5.87. The van der Waals surface area contributed by atoms with Gasteiger partial charge in [-0.15, -0.1) is 0 Å². The van der Waals surface area contributed by atoms with E-state index in [2.05, 4.69) is 22.0 Å². The van der Waals surface area contributed by atoms with Crippen LogP contribution in [0.5, 0.6) is 0 Å². The maximum atomic E-state index is 13.5. The predicted molar refractivity (Wildman–Crippen MR) is 102 cm³/mol. The van der Waals surface area contributed by atoms with Crippen LogP contribution in [0.25, 0.3) is 0 Å². The number of pyridine rings is 1. The maximum Gasteiger partial charge on any atom is 0.243 e. The Bertz CT molecular complexity index is 779. The monoisotopic (exact) mass is 350 g/mol. The van der Waals surface area contributed by atoms with Crippen LogP contribution in [0.1, 0.15) is 36.8 Å². The number of anilines is 1. The van der Waals surface area contributed by atoms with Crippen molar-refractivity contribution in [3.63, 3.8) is 0 Å². The van der Waals surface area contributed by atoms with Crippen molar-refractivity contribution in [2.24, 2.45) is 0 Å². The zero-order valence-corrected chi connectivity index (χ0v) is 15.1. The van der Waals surface area contributed by atoms with Gasteiger partial charge in [-0.2, -0.15) is 0 Å². The molecule has 1 aromatic heterocycles. The third-order valence-corrected chi connectivity index (χ3v) is 5.83. The second-order valence-corrected chi connectivity index (χ2v) is 7.42. The quantitative estimate of drug-likeness (QED) is 0.921. The van der Waals surface area contributed by atoms with E-state index in [0.29, 0.717) is 18.9 Å². The molecule has 2 N–H and O–H groups in total. The third kappa shape index (κ3) is 3.07. The Labute approximate surface area is 154 Å². The summed E-state index contributed by atoms with van der Waals surface area (Å²) in [6, 6.07) is 14.2. The first-order valence-corrected chi connectivity index (χ1v) is 9.47. The first kappa shape index (κ1) is 17.0. The van der Waals surface area contributed by atoms with E-state index < -0.39 is 0 Å². The van der Waals surface area contributed by atoms with Crippen LogP contribution in [0.4, 0.5) is 5.82 Å². The summed E-state index contributed by atoms with van der Waals surface area (Å²) in [5.74, 6) is 0.853. The van der Waals surface area contributed by atoms with E-state index in [1.807, 2.05) is 35.2 Å². The molecule has 136 valence electrons. The average Bonchev–Trinajstić information content (AvgIpc) is 3.05. The van der Waals surface area contributed by atoms with E-state index in [-0.39, 0.29) is 11.4 Å². The van der Waals surface area contributed by atoms with Crippen molar-refractivity contribution >= 4 is 11.7 Å². The standard InChI is InChI=1S/C21H26N4O/c22-19-18(9-4-12-23-19)16-25-14-6-11-21(25)10-5-13-24(20(21)26)15-17-7-2-1-3-8-17/h1-4,7-9,12H,5-6,10-11,13-16H2,(H2,22,23). The van der Waals surface area contributed by atoms with E-state index in [0.717, 1.165) is 44.3 Å². The zero-order valence-electron chi connectivity index (χ0n) is 15.1. The average molecular weight is 350 g/mol. The van der Waals surface area contributed by atoms with Crippen molar-refractivity contribution in [1.82, 2.24) is 14.8 Å². The molecule has 26 heavy (non-hydrogen) atoms. The summed E-state index contributed by atoms with van der Waals surface area (Å²) >= 11 is 0. The molecule has 1 spiro atoms. The van der Waals surface area contributed by atoms with Crippen LogP contribution in [-0.2, 0) is 17.9 Å². The number of likely N-dealkylation sites (tertiary alicyclic amines) is 2. The molecule has 2 fully saturated rings. The van der Waals surface area contributed by atoms with Gasteiger partial charge < -0.3 is 10.6 Å². The number of nitrogens with two attached hydrogens (primary N) is 1. The second-order valence-electron chi connectivity index (χ2n) is 7.42. The molecule has 2 aliphatic heterocycles. The summed E-state index contributed by atoms with van der Waals surface area (Å²) in [7, 11) is 0. The molecule has 1 atom stereocenters. The van der Waals surface area contributed by atoms with E-state index in [1.54, 1.807) is 6.20 Å². The summed E-state index contributed by atoms with van der Waals surface area (Å²) in [6.45, 7) is 3.19. The lowest BCUT2D eigenvalue weighted by atomic mass is 9.85. The Morgan fingerprint density at radius 1 is 1.00 bits per heavy atom. The van der Waals surface area contributed by atoms with Gasteiger partial charge in [0.05, 0.1) is 0 Å². The highest BCUT2D eigenvalue weighted by Gasteiger charge is 2.50. The number of carbonyl (C=O) groups excluding carboxylic acids is 1. The second kappa shape index (κ2) is 7.08. The van der Waals surface area contributed by atoms with Gasteiger partial charge >= 0.3 is 0 Å². The highest BCUT2D eigenvalue weighted by Crippen LogP contribution is 2.39. The van der Waals surface area contributed by atoms with Crippen molar-refractivity contribution in [2.45, 2.75) is 44.3 Å². The predicted octanol–water partition coefficient (Wildman–Crippen LogP) is 2.82. The molecule has 5 heteroatoms. The summed E-state index contributed by atoms with van der Waals surface area (Å²) in [5.41, 5.74) is 7.89. The number of benzene rings is 1. The van der Waals surface area contributed by atoms with Gasteiger partial charge in [0, 0.05) is 31.4 Å². The Morgan fingerprint density at radius 2 is 1.77 bits per heavy atom. The molecular formula is C21H26N4O. The molecule has 2 aliphatic rings. The van der Waals surface area contributed by atoms with Crippen molar-refractivity contribution in [1.29, 1.82) is 0 Å². The molecule has 4 rings (SSSR count). The minimum absolute atomic E-state index is 0.285. The number of hydrogen-bond acceptors (Lipinski definition) is 4. The number of nitrogen functional groups attached to an aromatic ring is 1. The lowest BCUT2D eigenvalue weighted by Gasteiger charge is -2.44. The molecule has 0 saturated carbocycles. The zero-order chi connectivity index (χ0) is 18.0. The SMILES string of the molecule is Nc1ncccc1CN1CCCC12CCCN(Cc1ccccc1)C2=O. The maximum absolute atomic E-state index is 13.5. The fourth-order valence-electron chi connectivity index (χ4n) is 4.50. The fraction of sp³-hybridized carbons (Fsp3) is 0.429. The third-order valence-electron chi connectivity index (χ3n) is 5.83. The Hall–Kier alpha value is -2.40. The van der Waals surface area contributed by atoms with Crippen molar-refractivity contribution in [3.8, 4) is 0 Å². The van der Waals surface area contributed by atoms with Crippen LogP contribution in [0.2, 0.25) is 0 Å². The summed E-state index contributed by atoms with van der Waals surface area (Å²) in [4.78, 5) is 22.1. The number of nitrogens with zero attached hydrogens (tertiary/aromatic N) is 3. The Kier molecular flexibility index (Phi) is 4.64. The smallest absolute Gasteiger partial charge is 0.243 e. The van der Waals surface area contributed by atoms with Gasteiger partial charge in [-0.25, -0.2) is 4.98 Å². The number of carbonyl (C=O) groups is 1. The molecule has 0 aliphatic carbocycles. The molecule has 2 aromatic rings. The fourth-order valence-corrected chi connectivity index (χ4v) is 4.50. The minimum atomic E-state index is -0.366. The molecule has 2 saturated heterocycles. The van der Waals surface area contributed by atoms with Crippen molar-refractivity contribution in [3.05, 3.63) is 59.8 Å². The molecule has 1 aromatic carbocycles. The van der Waals surface area contributed by atoms with Crippen LogP contribution >= 0.6 is 0 Å². The number of aromatic nitrogens is 1. The van der Waals surface area contributed by atoms with Crippen LogP contribution < -0.4 is 5.73 Å². The van der Waals surface area contributed by atoms with Gasteiger partial charge in [-0.05, 0) is 43.9 Å². The lowest BCUT2D eigenvalue weighted by Crippen LogP contribution is -2.59. The largest absolute Gasteiger partial charge is 0.383 e. The molecular weight excluding hydrogens is 324 g/mol. The number of hydrogen-bond donors (Lipinski definition) is 1. The Balaban J connectivity index is 1.55. The molecule has 1 unspecified atom stereocenters. The number of rotatable bonds is 4.